The number of nitrogens with one attached hydrogen (secondary N) is 2. The van der Waals surface area contributed by atoms with E-state index >= 15 is 0 Å². The van der Waals surface area contributed by atoms with Crippen molar-refractivity contribution in [3.05, 3.63) is 27.2 Å². The number of aromatic amines is 1. The first-order valence-electron chi connectivity index (χ1n) is 9.95. The molecule has 0 saturated heterocycles. The Morgan fingerprint density at radius 3 is 2.48 bits per heavy atom. The molecular weight excluding hydrogens is 413 g/mol. The molecular formula is C20H31Cl2N5O2. The Morgan fingerprint density at radius 1 is 1.24 bits per heavy atom. The molecule has 2 aromatic heterocycles. The van der Waals surface area contributed by atoms with E-state index in [1.54, 1.807) is 11.7 Å². The summed E-state index contributed by atoms with van der Waals surface area (Å²) < 4.78 is 1.64. The maximum atomic E-state index is 12.8. The molecule has 0 spiro atoms. The Morgan fingerprint density at radius 2 is 1.86 bits per heavy atom. The zero-order valence-corrected chi connectivity index (χ0v) is 18.8. The van der Waals surface area contributed by atoms with Gasteiger partial charge in [-0.2, -0.15) is 0 Å². The van der Waals surface area contributed by atoms with Crippen molar-refractivity contribution in [1.82, 2.24) is 20.1 Å². The minimum atomic E-state index is -0.140. The number of hydrogen-bond donors (Lipinski definition) is 3. The highest BCUT2D eigenvalue weighted by atomic mass is 35.5. The molecule has 2 atom stereocenters. The molecule has 2 heterocycles. The molecule has 29 heavy (non-hydrogen) atoms. The number of fused-ring (bicyclic) bond motifs is 3. The summed E-state index contributed by atoms with van der Waals surface area (Å²) in [5.74, 6) is 1.13. The maximum absolute atomic E-state index is 12.8. The number of nitrogens with zero attached hydrogens (tertiary/aromatic N) is 2. The molecule has 2 aliphatic carbocycles. The lowest BCUT2D eigenvalue weighted by atomic mass is 9.65. The van der Waals surface area contributed by atoms with Crippen LogP contribution in [0.1, 0.15) is 48.9 Å². The molecule has 2 fully saturated rings. The highest BCUT2D eigenvalue weighted by molar-refractivity contribution is 5.85. The molecule has 4 rings (SSSR count). The molecule has 0 aliphatic heterocycles. The van der Waals surface area contributed by atoms with E-state index in [-0.39, 0.29) is 48.2 Å². The minimum absolute atomic E-state index is 0. The van der Waals surface area contributed by atoms with E-state index in [9.17, 15) is 9.59 Å². The first-order valence-corrected chi connectivity index (χ1v) is 9.95. The fourth-order valence-corrected chi connectivity index (χ4v) is 5.23. The van der Waals surface area contributed by atoms with Gasteiger partial charge in [-0.05, 0) is 62.5 Å². The molecule has 162 valence electrons. The SMILES string of the molecule is Cc1nc2c(c(C)c1CNC(=O)C1CC3CCCC(C1)C3N)c(=O)[nH]n2C.Cl.Cl. The number of H-pyrrole nitrogens is 1. The van der Waals surface area contributed by atoms with Gasteiger partial charge in [0.2, 0.25) is 5.91 Å². The standard InChI is InChI=1S/C20H29N5O2.2ClH/c1-10-15(11(2)23-18-16(10)20(27)24-25(18)3)9-22-19(26)14-7-12-5-4-6-13(8-14)17(12)21;;/h12-14,17H,4-9,21H2,1-3H3,(H,22,26)(H,24,27);2*1H. The zero-order chi connectivity index (χ0) is 19.3. The van der Waals surface area contributed by atoms with E-state index in [2.05, 4.69) is 15.4 Å². The van der Waals surface area contributed by atoms with Gasteiger partial charge in [-0.25, -0.2) is 4.98 Å². The number of halogens is 2. The van der Waals surface area contributed by atoms with Crippen LogP contribution in [0.25, 0.3) is 11.0 Å². The number of carbonyl (C=O) groups is 1. The number of nitrogens with two attached hydrogens (primary N) is 1. The monoisotopic (exact) mass is 443 g/mol. The third-order valence-corrected chi connectivity index (χ3v) is 6.80. The van der Waals surface area contributed by atoms with Crippen LogP contribution in [0.2, 0.25) is 0 Å². The molecule has 2 aliphatic rings. The first kappa shape index (κ1) is 23.7. The third kappa shape index (κ3) is 4.18. The van der Waals surface area contributed by atoms with Gasteiger partial charge in [-0.1, -0.05) is 6.42 Å². The van der Waals surface area contributed by atoms with Crippen LogP contribution in [0.15, 0.2) is 4.79 Å². The van der Waals surface area contributed by atoms with Crippen LogP contribution < -0.4 is 16.6 Å². The smallest absolute Gasteiger partial charge is 0.273 e. The van der Waals surface area contributed by atoms with Crippen molar-refractivity contribution in [3.63, 3.8) is 0 Å². The van der Waals surface area contributed by atoms with E-state index in [0.717, 1.165) is 42.5 Å². The number of pyridine rings is 1. The van der Waals surface area contributed by atoms with Crippen LogP contribution in [-0.4, -0.2) is 26.7 Å². The number of carbonyl (C=O) groups excluding carboxylic acids is 1. The molecule has 4 N–H and O–H groups in total. The fourth-order valence-electron chi connectivity index (χ4n) is 5.23. The summed E-state index contributed by atoms with van der Waals surface area (Å²) in [6, 6.07) is 0.267. The van der Waals surface area contributed by atoms with Crippen LogP contribution in [-0.2, 0) is 18.4 Å². The largest absolute Gasteiger partial charge is 0.352 e. The Balaban J connectivity index is 0.00000150. The summed E-state index contributed by atoms with van der Waals surface area (Å²) in [4.78, 5) is 29.6. The molecule has 0 radical (unpaired) electrons. The van der Waals surface area contributed by atoms with Gasteiger partial charge in [-0.15, -0.1) is 24.8 Å². The number of rotatable bonds is 3. The highest BCUT2D eigenvalue weighted by Gasteiger charge is 2.40. The highest BCUT2D eigenvalue weighted by Crippen LogP contribution is 2.41. The van der Waals surface area contributed by atoms with Crippen LogP contribution >= 0.6 is 24.8 Å². The van der Waals surface area contributed by atoms with E-state index in [4.69, 9.17) is 5.73 Å². The maximum Gasteiger partial charge on any atom is 0.273 e. The lowest BCUT2D eigenvalue weighted by Gasteiger charge is -2.43. The lowest BCUT2D eigenvalue weighted by molar-refractivity contribution is -0.128. The second-order valence-electron chi connectivity index (χ2n) is 8.41. The van der Waals surface area contributed by atoms with Crippen molar-refractivity contribution in [2.24, 2.45) is 30.5 Å². The quantitative estimate of drug-likeness (QED) is 0.676. The first-order chi connectivity index (χ1) is 12.9. The van der Waals surface area contributed by atoms with Gasteiger partial charge in [0.05, 0.1) is 5.39 Å². The predicted molar refractivity (Wildman–Crippen MR) is 119 cm³/mol. The molecule has 2 unspecified atom stereocenters. The van der Waals surface area contributed by atoms with Crippen LogP contribution in [0.4, 0.5) is 0 Å². The topological polar surface area (TPSA) is 106 Å². The fraction of sp³-hybridized carbons (Fsp3) is 0.650. The molecule has 1 amide bonds. The second-order valence-corrected chi connectivity index (χ2v) is 8.41. The van der Waals surface area contributed by atoms with E-state index in [1.165, 1.54) is 6.42 Å². The van der Waals surface area contributed by atoms with E-state index < -0.39 is 0 Å². The van der Waals surface area contributed by atoms with Gasteiger partial charge >= 0.3 is 0 Å². The van der Waals surface area contributed by atoms with Crippen molar-refractivity contribution < 1.29 is 4.79 Å². The Bertz CT molecular complexity index is 940. The molecule has 9 heteroatoms. The summed E-state index contributed by atoms with van der Waals surface area (Å²) in [7, 11) is 1.78. The summed E-state index contributed by atoms with van der Waals surface area (Å²) in [6.07, 6.45) is 5.34. The summed E-state index contributed by atoms with van der Waals surface area (Å²) in [5.41, 5.74) is 9.52. The number of aryl methyl sites for hydroxylation is 3. The molecule has 2 bridgehead atoms. The number of hydrogen-bond acceptors (Lipinski definition) is 4. The predicted octanol–water partition coefficient (Wildman–Crippen LogP) is 2.49. The Labute approximate surface area is 183 Å². The summed E-state index contributed by atoms with van der Waals surface area (Å²) in [5, 5.41) is 6.46. The summed E-state index contributed by atoms with van der Waals surface area (Å²) >= 11 is 0. The second kappa shape index (κ2) is 9.06. The van der Waals surface area contributed by atoms with Crippen molar-refractivity contribution >= 4 is 41.8 Å². The van der Waals surface area contributed by atoms with Crippen LogP contribution in [0, 0.1) is 31.6 Å². The van der Waals surface area contributed by atoms with E-state index in [1.807, 2.05) is 13.8 Å². The molecule has 2 aromatic rings. The molecule has 7 nitrogen and oxygen atoms in total. The van der Waals surface area contributed by atoms with Gasteiger partial charge in [-0.3, -0.25) is 19.4 Å². The third-order valence-electron chi connectivity index (χ3n) is 6.80. The van der Waals surface area contributed by atoms with Crippen molar-refractivity contribution in [3.8, 4) is 0 Å². The van der Waals surface area contributed by atoms with Gasteiger partial charge in [0.15, 0.2) is 5.65 Å². The van der Waals surface area contributed by atoms with Crippen LogP contribution in [0.3, 0.4) is 0 Å². The zero-order valence-electron chi connectivity index (χ0n) is 17.2. The average Bonchev–Trinajstić information content (AvgIpc) is 2.88. The van der Waals surface area contributed by atoms with E-state index in [0.29, 0.717) is 29.4 Å². The lowest BCUT2D eigenvalue weighted by Crippen LogP contribution is -2.49. The van der Waals surface area contributed by atoms with Crippen molar-refractivity contribution in [2.75, 3.05) is 0 Å². The molecule has 0 aromatic carbocycles. The van der Waals surface area contributed by atoms with Crippen molar-refractivity contribution in [1.29, 1.82) is 0 Å². The van der Waals surface area contributed by atoms with Gasteiger partial charge in [0.1, 0.15) is 0 Å². The van der Waals surface area contributed by atoms with Crippen LogP contribution in [0.5, 0.6) is 0 Å². The molecule has 2 saturated carbocycles. The van der Waals surface area contributed by atoms with Gasteiger partial charge in [0.25, 0.3) is 5.56 Å². The Hall–Kier alpha value is -1.57. The summed E-state index contributed by atoms with van der Waals surface area (Å²) in [6.45, 7) is 4.26. The number of aromatic nitrogens is 3. The Kier molecular flexibility index (Phi) is 7.41. The minimum Gasteiger partial charge on any atom is -0.352 e. The van der Waals surface area contributed by atoms with Gasteiger partial charge in [0, 0.05) is 31.2 Å². The normalized spacial score (nSPS) is 25.8. The number of amides is 1. The average molecular weight is 444 g/mol. The van der Waals surface area contributed by atoms with Gasteiger partial charge < -0.3 is 11.1 Å². The van der Waals surface area contributed by atoms with Crippen molar-refractivity contribution in [2.45, 2.75) is 58.5 Å².